The summed E-state index contributed by atoms with van der Waals surface area (Å²) in [7, 11) is 0. The second kappa shape index (κ2) is 4.97. The lowest BCUT2D eigenvalue weighted by Crippen LogP contribution is -1.92. The lowest BCUT2D eigenvalue weighted by Gasteiger charge is -2.09. The molecule has 0 spiro atoms. The average Bonchev–Trinajstić information content (AvgIpc) is 2.22. The summed E-state index contributed by atoms with van der Waals surface area (Å²) in [5, 5.41) is 3.30. The minimum atomic E-state index is 0.957. The maximum Gasteiger partial charge on any atom is 0.0582 e. The van der Waals surface area contributed by atoms with Crippen LogP contribution in [0.25, 0.3) is 0 Å². The highest BCUT2D eigenvalue weighted by molar-refractivity contribution is 9.10. The number of hydrogen-bond acceptors (Lipinski definition) is 2. The fourth-order valence-electron chi connectivity index (χ4n) is 1.36. The Hall–Kier alpha value is -0.870. The molecule has 1 aromatic heterocycles. The van der Waals surface area contributed by atoms with Crippen LogP contribution in [0.4, 0.5) is 11.4 Å². The molecular formula is C12H10Br2N2. The predicted molar refractivity (Wildman–Crippen MR) is 74.1 cm³/mol. The number of aromatic nitrogens is 1. The van der Waals surface area contributed by atoms with Crippen molar-refractivity contribution in [2.75, 3.05) is 5.32 Å². The predicted octanol–water partition coefficient (Wildman–Crippen LogP) is 4.66. The Labute approximate surface area is 111 Å². The van der Waals surface area contributed by atoms with Crippen LogP contribution in [0.3, 0.4) is 0 Å². The van der Waals surface area contributed by atoms with Gasteiger partial charge in [-0.2, -0.15) is 0 Å². The highest BCUT2D eigenvalue weighted by Crippen LogP contribution is 2.27. The van der Waals surface area contributed by atoms with Gasteiger partial charge in [-0.3, -0.25) is 4.98 Å². The summed E-state index contributed by atoms with van der Waals surface area (Å²) >= 11 is 6.92. The summed E-state index contributed by atoms with van der Waals surface area (Å²) in [5.74, 6) is 0. The Morgan fingerprint density at radius 2 is 1.94 bits per heavy atom. The maximum absolute atomic E-state index is 4.10. The monoisotopic (exact) mass is 340 g/mol. The molecule has 2 nitrogen and oxygen atoms in total. The molecule has 1 heterocycles. The summed E-state index contributed by atoms with van der Waals surface area (Å²) < 4.78 is 2.01. The molecule has 0 radical (unpaired) electrons. The normalized spacial score (nSPS) is 10.2. The van der Waals surface area contributed by atoms with E-state index in [1.165, 1.54) is 5.56 Å². The van der Waals surface area contributed by atoms with Gasteiger partial charge in [-0.15, -0.1) is 0 Å². The van der Waals surface area contributed by atoms with Gasteiger partial charge >= 0.3 is 0 Å². The Morgan fingerprint density at radius 1 is 1.12 bits per heavy atom. The van der Waals surface area contributed by atoms with E-state index in [4.69, 9.17) is 0 Å². The summed E-state index contributed by atoms with van der Waals surface area (Å²) in [6.07, 6.45) is 3.55. The van der Waals surface area contributed by atoms with E-state index in [1.54, 1.807) is 12.4 Å². The van der Waals surface area contributed by atoms with Crippen molar-refractivity contribution >= 4 is 43.2 Å². The Balaban J connectivity index is 2.27. The lowest BCUT2D eigenvalue weighted by molar-refractivity contribution is 1.30. The van der Waals surface area contributed by atoms with Crippen LogP contribution in [-0.4, -0.2) is 4.98 Å². The number of anilines is 2. The fraction of sp³-hybridized carbons (Fsp3) is 0.0833. The SMILES string of the molecule is Cc1ccc(Nc2cncc(Br)c2)c(Br)c1. The number of rotatable bonds is 2. The van der Waals surface area contributed by atoms with E-state index in [9.17, 15) is 0 Å². The molecule has 82 valence electrons. The average molecular weight is 342 g/mol. The van der Waals surface area contributed by atoms with Gasteiger partial charge in [-0.25, -0.2) is 0 Å². The van der Waals surface area contributed by atoms with E-state index in [-0.39, 0.29) is 0 Å². The van der Waals surface area contributed by atoms with Gasteiger partial charge < -0.3 is 5.32 Å². The van der Waals surface area contributed by atoms with Crippen LogP contribution < -0.4 is 5.32 Å². The highest BCUT2D eigenvalue weighted by Gasteiger charge is 2.01. The van der Waals surface area contributed by atoms with Gasteiger partial charge in [-0.05, 0) is 62.5 Å². The number of benzene rings is 1. The molecule has 0 fully saturated rings. The molecule has 1 N–H and O–H groups in total. The van der Waals surface area contributed by atoms with Gasteiger partial charge in [0, 0.05) is 15.1 Å². The van der Waals surface area contributed by atoms with Crippen LogP contribution in [0.1, 0.15) is 5.56 Å². The molecule has 0 amide bonds. The maximum atomic E-state index is 4.10. The van der Waals surface area contributed by atoms with Crippen LogP contribution >= 0.6 is 31.9 Å². The van der Waals surface area contributed by atoms with Gasteiger partial charge in [0.15, 0.2) is 0 Å². The van der Waals surface area contributed by atoms with E-state index in [0.29, 0.717) is 0 Å². The van der Waals surface area contributed by atoms with E-state index in [0.717, 1.165) is 20.3 Å². The third-order valence-electron chi connectivity index (χ3n) is 2.11. The highest BCUT2D eigenvalue weighted by atomic mass is 79.9. The zero-order valence-electron chi connectivity index (χ0n) is 8.67. The standard InChI is InChI=1S/C12H10Br2N2/c1-8-2-3-12(11(14)4-8)16-10-5-9(13)6-15-7-10/h2-7,16H,1H3. The summed E-state index contributed by atoms with van der Waals surface area (Å²) in [6.45, 7) is 2.06. The minimum absolute atomic E-state index is 0.957. The first-order valence-corrected chi connectivity index (χ1v) is 6.37. The fourth-order valence-corrected chi connectivity index (χ4v) is 2.31. The van der Waals surface area contributed by atoms with Crippen LogP contribution in [0, 0.1) is 6.92 Å². The van der Waals surface area contributed by atoms with Crippen molar-refractivity contribution in [3.8, 4) is 0 Å². The molecule has 0 aliphatic carbocycles. The lowest BCUT2D eigenvalue weighted by atomic mass is 10.2. The minimum Gasteiger partial charge on any atom is -0.353 e. The molecule has 4 heteroatoms. The van der Waals surface area contributed by atoms with Crippen molar-refractivity contribution in [2.24, 2.45) is 0 Å². The number of hydrogen-bond donors (Lipinski definition) is 1. The number of aryl methyl sites for hydroxylation is 1. The van der Waals surface area contributed by atoms with Crippen molar-refractivity contribution in [3.05, 3.63) is 51.2 Å². The summed E-state index contributed by atoms with van der Waals surface area (Å²) in [6, 6.07) is 8.17. The number of nitrogens with zero attached hydrogens (tertiary/aromatic N) is 1. The van der Waals surface area contributed by atoms with Crippen molar-refractivity contribution < 1.29 is 0 Å². The second-order valence-electron chi connectivity index (χ2n) is 3.50. The molecular weight excluding hydrogens is 332 g/mol. The molecule has 2 rings (SSSR count). The summed E-state index contributed by atoms with van der Waals surface area (Å²) in [5.41, 5.74) is 3.22. The number of pyridine rings is 1. The number of nitrogens with one attached hydrogen (secondary N) is 1. The van der Waals surface area contributed by atoms with E-state index in [2.05, 4.69) is 61.2 Å². The van der Waals surface area contributed by atoms with Crippen LogP contribution in [0.15, 0.2) is 45.6 Å². The Morgan fingerprint density at radius 3 is 2.62 bits per heavy atom. The largest absolute Gasteiger partial charge is 0.353 e. The Bertz CT molecular complexity index is 512. The third kappa shape index (κ3) is 2.83. The van der Waals surface area contributed by atoms with Gasteiger partial charge in [0.1, 0.15) is 0 Å². The molecule has 0 atom stereocenters. The molecule has 0 saturated carbocycles. The summed E-state index contributed by atoms with van der Waals surface area (Å²) in [4.78, 5) is 4.10. The quantitative estimate of drug-likeness (QED) is 0.859. The van der Waals surface area contributed by atoms with E-state index in [1.807, 2.05) is 12.1 Å². The van der Waals surface area contributed by atoms with Crippen LogP contribution in [0.2, 0.25) is 0 Å². The number of halogens is 2. The smallest absolute Gasteiger partial charge is 0.0582 e. The van der Waals surface area contributed by atoms with Crippen molar-refractivity contribution in [2.45, 2.75) is 6.92 Å². The topological polar surface area (TPSA) is 24.9 Å². The van der Waals surface area contributed by atoms with Gasteiger partial charge in [-0.1, -0.05) is 6.07 Å². The van der Waals surface area contributed by atoms with Crippen molar-refractivity contribution in [1.82, 2.24) is 4.98 Å². The molecule has 1 aromatic carbocycles. The second-order valence-corrected chi connectivity index (χ2v) is 5.27. The van der Waals surface area contributed by atoms with Gasteiger partial charge in [0.25, 0.3) is 0 Å². The molecule has 0 unspecified atom stereocenters. The van der Waals surface area contributed by atoms with E-state index < -0.39 is 0 Å². The molecule has 2 aromatic rings. The first kappa shape index (κ1) is 11.6. The zero-order valence-corrected chi connectivity index (χ0v) is 11.8. The molecule has 0 aliphatic rings. The van der Waals surface area contributed by atoms with Gasteiger partial charge in [0.2, 0.25) is 0 Å². The third-order valence-corrected chi connectivity index (χ3v) is 3.20. The van der Waals surface area contributed by atoms with Crippen LogP contribution in [0.5, 0.6) is 0 Å². The van der Waals surface area contributed by atoms with Crippen molar-refractivity contribution in [1.29, 1.82) is 0 Å². The van der Waals surface area contributed by atoms with Crippen LogP contribution in [-0.2, 0) is 0 Å². The molecule has 0 saturated heterocycles. The van der Waals surface area contributed by atoms with Crippen molar-refractivity contribution in [3.63, 3.8) is 0 Å². The first-order valence-electron chi connectivity index (χ1n) is 4.79. The van der Waals surface area contributed by atoms with E-state index >= 15 is 0 Å². The van der Waals surface area contributed by atoms with Gasteiger partial charge in [0.05, 0.1) is 17.6 Å². The molecule has 16 heavy (non-hydrogen) atoms. The molecule has 0 aliphatic heterocycles. The zero-order chi connectivity index (χ0) is 11.5. The Kier molecular flexibility index (Phi) is 3.61. The molecule has 0 bridgehead atoms. The first-order chi connectivity index (χ1) is 7.65.